The molecule has 0 saturated carbocycles. The average Bonchev–Trinajstić information content (AvgIpc) is 3.02. The zero-order chi connectivity index (χ0) is 37.1. The van der Waals surface area contributed by atoms with E-state index < -0.39 is 11.7 Å². The lowest BCUT2D eigenvalue weighted by atomic mass is 9.97. The Balaban J connectivity index is 0.000000978. The first kappa shape index (κ1) is 47.9. The maximum Gasteiger partial charge on any atom is 0.407 e. The normalized spacial score (nSPS) is 12.3. The number of alkyl carbamates (subject to hydrolysis) is 1. The van der Waals surface area contributed by atoms with Gasteiger partial charge in [-0.1, -0.05) is 27.7 Å². The van der Waals surface area contributed by atoms with Gasteiger partial charge in [-0.15, -0.1) is 12.4 Å². The SMILES string of the molecule is COCCCOc1cc(C[C@H](N)C(C)C)c(Br)nc1OC.COCCCOc1cc(C[C@H](NC(=O)OC(C)(C)C)C(C)C)c(Br)nc1OC.Cl. The summed E-state index contributed by atoms with van der Waals surface area (Å²) in [6.07, 6.45) is 2.46. The summed E-state index contributed by atoms with van der Waals surface area (Å²) in [6, 6.07) is 3.81. The summed E-state index contributed by atoms with van der Waals surface area (Å²) in [5, 5.41) is 2.96. The molecule has 15 heteroatoms. The monoisotopic (exact) mass is 856 g/mol. The Bertz CT molecular complexity index is 1270. The Morgan fingerprint density at radius 1 is 0.780 bits per heavy atom. The first-order chi connectivity index (χ1) is 23.1. The van der Waals surface area contributed by atoms with Crippen molar-refractivity contribution in [1.29, 1.82) is 0 Å². The molecule has 0 bridgehead atoms. The first-order valence-electron chi connectivity index (χ1n) is 16.5. The lowest BCUT2D eigenvalue weighted by molar-refractivity contribution is 0.0490. The summed E-state index contributed by atoms with van der Waals surface area (Å²) in [5.74, 6) is 2.70. The Labute approximate surface area is 322 Å². The molecule has 0 spiro atoms. The minimum absolute atomic E-state index is 0. The standard InChI is InChI=1S/C20H33BrN2O5.C15H25BrN2O3.ClH/c1-13(2)15(22-19(24)28-20(3,4)5)11-14-12-16(27-10-8-9-25-6)18(26-7)23-17(14)21;1-10(2)12(17)8-11-9-13(21-7-5-6-19-3)15(20-4)18-14(11)16;/h12-13,15H,8-11H2,1-7H3,(H,22,24);9-10,12H,5-8,17H2,1-4H3;1H/t15-;12-;/m00./s1. The van der Waals surface area contributed by atoms with Crippen LogP contribution in [0.5, 0.6) is 23.3 Å². The van der Waals surface area contributed by atoms with Crippen LogP contribution >= 0.6 is 44.3 Å². The number of carbonyl (C=O) groups excluding carboxylic acids is 1. The molecule has 2 heterocycles. The van der Waals surface area contributed by atoms with Crippen molar-refractivity contribution in [3.63, 3.8) is 0 Å². The number of amides is 1. The minimum atomic E-state index is -0.545. The van der Waals surface area contributed by atoms with Crippen LogP contribution in [0, 0.1) is 11.8 Å². The van der Waals surface area contributed by atoms with Crippen LogP contribution in [-0.2, 0) is 27.1 Å². The van der Waals surface area contributed by atoms with E-state index in [9.17, 15) is 4.79 Å². The summed E-state index contributed by atoms with van der Waals surface area (Å²) in [5.41, 5.74) is 7.54. The molecule has 0 aliphatic heterocycles. The van der Waals surface area contributed by atoms with Gasteiger partial charge in [0.1, 0.15) is 14.8 Å². The third-order valence-electron chi connectivity index (χ3n) is 7.11. The Morgan fingerprint density at radius 2 is 1.22 bits per heavy atom. The predicted molar refractivity (Wildman–Crippen MR) is 206 cm³/mol. The molecule has 0 unspecified atom stereocenters. The molecule has 3 N–H and O–H groups in total. The lowest BCUT2D eigenvalue weighted by Crippen LogP contribution is -2.43. The van der Waals surface area contributed by atoms with Crippen molar-refractivity contribution in [2.24, 2.45) is 17.6 Å². The first-order valence-corrected chi connectivity index (χ1v) is 18.1. The molecular formula is C35H59Br2ClN4O8. The lowest BCUT2D eigenvalue weighted by Gasteiger charge is -2.26. The van der Waals surface area contributed by atoms with Crippen LogP contribution in [0.25, 0.3) is 0 Å². The second-order valence-corrected chi connectivity index (χ2v) is 14.6. The molecule has 50 heavy (non-hydrogen) atoms. The molecule has 288 valence electrons. The maximum atomic E-state index is 12.2. The molecule has 1 amide bonds. The van der Waals surface area contributed by atoms with E-state index in [-0.39, 0.29) is 30.4 Å². The van der Waals surface area contributed by atoms with Crippen molar-refractivity contribution in [2.75, 3.05) is 54.9 Å². The van der Waals surface area contributed by atoms with Crippen molar-refractivity contribution >= 4 is 50.4 Å². The van der Waals surface area contributed by atoms with Crippen molar-refractivity contribution in [2.45, 2.75) is 91.8 Å². The van der Waals surface area contributed by atoms with Crippen molar-refractivity contribution in [1.82, 2.24) is 15.3 Å². The van der Waals surface area contributed by atoms with E-state index in [0.717, 1.165) is 35.0 Å². The highest BCUT2D eigenvalue weighted by Gasteiger charge is 2.24. The van der Waals surface area contributed by atoms with E-state index in [1.165, 1.54) is 0 Å². The Morgan fingerprint density at radius 3 is 1.58 bits per heavy atom. The van der Waals surface area contributed by atoms with Gasteiger partial charge in [0.25, 0.3) is 11.8 Å². The van der Waals surface area contributed by atoms with Gasteiger partial charge in [0.2, 0.25) is 0 Å². The van der Waals surface area contributed by atoms with Crippen molar-refractivity contribution in [3.8, 4) is 23.3 Å². The van der Waals surface area contributed by atoms with E-state index in [1.54, 1.807) is 28.4 Å². The van der Waals surface area contributed by atoms with Crippen molar-refractivity contribution < 1.29 is 38.0 Å². The topological polar surface area (TPSA) is 146 Å². The second kappa shape index (κ2) is 25.0. The molecule has 2 aromatic heterocycles. The Kier molecular flexibility index (Phi) is 23.9. The summed E-state index contributed by atoms with van der Waals surface area (Å²) < 4.78 is 39.0. The Hall–Kier alpha value is -2.10. The molecular weight excluding hydrogens is 800 g/mol. The molecule has 2 aromatic rings. The third-order valence-corrected chi connectivity index (χ3v) is 8.48. The summed E-state index contributed by atoms with van der Waals surface area (Å²) >= 11 is 6.97. The van der Waals surface area contributed by atoms with E-state index in [2.05, 4.69) is 74.8 Å². The van der Waals surface area contributed by atoms with Crippen LogP contribution in [0.4, 0.5) is 4.79 Å². The zero-order valence-corrected chi connectivity index (χ0v) is 35.5. The van der Waals surface area contributed by atoms with Gasteiger partial charge in [-0.25, -0.2) is 14.8 Å². The summed E-state index contributed by atoms with van der Waals surface area (Å²) in [4.78, 5) is 21.0. The molecule has 2 atom stereocenters. The molecule has 0 saturated heterocycles. The number of rotatable bonds is 19. The van der Waals surface area contributed by atoms with Gasteiger partial charge in [0.05, 0.1) is 27.4 Å². The van der Waals surface area contributed by atoms with Gasteiger partial charge >= 0.3 is 6.09 Å². The number of nitrogens with one attached hydrogen (secondary N) is 1. The van der Waals surface area contributed by atoms with E-state index in [1.807, 2.05) is 32.9 Å². The van der Waals surface area contributed by atoms with Crippen LogP contribution in [0.2, 0.25) is 0 Å². The van der Waals surface area contributed by atoms with Gasteiger partial charge < -0.3 is 44.2 Å². The number of ether oxygens (including phenoxy) is 7. The van der Waals surface area contributed by atoms with E-state index >= 15 is 0 Å². The van der Waals surface area contributed by atoms with Gasteiger partial charge in [-0.2, -0.15) is 0 Å². The van der Waals surface area contributed by atoms with Gasteiger partial charge in [0, 0.05) is 52.4 Å². The molecule has 0 aliphatic carbocycles. The second-order valence-electron chi connectivity index (χ2n) is 13.1. The molecule has 0 aromatic carbocycles. The number of methoxy groups -OCH3 is 4. The van der Waals surface area contributed by atoms with Crippen LogP contribution in [0.3, 0.4) is 0 Å². The van der Waals surface area contributed by atoms with Crippen molar-refractivity contribution in [3.05, 3.63) is 32.5 Å². The minimum Gasteiger partial charge on any atom is -0.488 e. The highest BCUT2D eigenvalue weighted by atomic mass is 79.9. The van der Waals surface area contributed by atoms with Crippen LogP contribution in [-0.4, -0.2) is 88.6 Å². The maximum absolute atomic E-state index is 12.2. The predicted octanol–water partition coefficient (Wildman–Crippen LogP) is 7.58. The van der Waals surface area contributed by atoms with Crippen LogP contribution in [0.1, 0.15) is 72.4 Å². The molecule has 12 nitrogen and oxygen atoms in total. The highest BCUT2D eigenvalue weighted by Crippen LogP contribution is 2.32. The number of aromatic nitrogens is 2. The molecule has 0 fully saturated rings. The molecule has 0 radical (unpaired) electrons. The number of halogens is 3. The molecule has 2 rings (SSSR count). The number of hydrogen-bond donors (Lipinski definition) is 2. The van der Waals surface area contributed by atoms with Crippen LogP contribution < -0.4 is 30.0 Å². The van der Waals surface area contributed by atoms with E-state index in [0.29, 0.717) is 66.6 Å². The number of hydrogen-bond acceptors (Lipinski definition) is 11. The van der Waals surface area contributed by atoms with Gasteiger partial charge in [-0.05, 0) is 101 Å². The fourth-order valence-corrected chi connectivity index (χ4v) is 5.06. The fraction of sp³-hybridized carbons (Fsp3) is 0.686. The third kappa shape index (κ3) is 18.4. The fourth-order valence-electron chi connectivity index (χ4n) is 4.19. The van der Waals surface area contributed by atoms with E-state index in [4.69, 9.17) is 38.9 Å². The average molecular weight is 859 g/mol. The number of pyridine rings is 2. The summed E-state index contributed by atoms with van der Waals surface area (Å²) in [7, 11) is 6.46. The van der Waals surface area contributed by atoms with Gasteiger partial charge in [0.15, 0.2) is 11.5 Å². The molecule has 0 aliphatic rings. The quantitative estimate of drug-likeness (QED) is 0.107. The number of carbonyl (C=O) groups is 1. The smallest absolute Gasteiger partial charge is 0.407 e. The largest absolute Gasteiger partial charge is 0.488 e. The zero-order valence-electron chi connectivity index (χ0n) is 31.5. The highest BCUT2D eigenvalue weighted by molar-refractivity contribution is 9.10. The number of nitrogens with two attached hydrogens (primary N) is 1. The summed E-state index contributed by atoms with van der Waals surface area (Å²) in [6.45, 7) is 16.2. The number of nitrogens with zero attached hydrogens (tertiary/aromatic N) is 2. The van der Waals surface area contributed by atoms with Gasteiger partial charge in [-0.3, -0.25) is 0 Å². The van der Waals surface area contributed by atoms with Crippen LogP contribution in [0.15, 0.2) is 21.3 Å².